The fourth-order valence-corrected chi connectivity index (χ4v) is 1.89. The molecule has 2 atom stereocenters. The lowest BCUT2D eigenvalue weighted by Gasteiger charge is -2.18. The second-order valence-electron chi connectivity index (χ2n) is 3.69. The van der Waals surface area contributed by atoms with Crippen molar-refractivity contribution in [2.24, 2.45) is 0 Å². The minimum Gasteiger partial charge on any atom is -0.453 e. The third-order valence-electron chi connectivity index (χ3n) is 2.43. The van der Waals surface area contributed by atoms with Crippen LogP contribution in [0, 0.1) is 0 Å². The van der Waals surface area contributed by atoms with E-state index in [4.69, 9.17) is 0 Å². The van der Waals surface area contributed by atoms with E-state index in [1.165, 1.54) is 7.11 Å². The molecule has 15 heavy (non-hydrogen) atoms. The van der Waals surface area contributed by atoms with Crippen molar-refractivity contribution in [2.75, 3.05) is 32.1 Å². The normalized spacial score (nSPS) is 23.8. The van der Waals surface area contributed by atoms with Gasteiger partial charge in [0.25, 0.3) is 0 Å². The number of aliphatic hydroxyl groups excluding tert-OH is 1. The number of alkyl carbamates (subject to hydrolysis) is 1. The van der Waals surface area contributed by atoms with Gasteiger partial charge in [-0.15, -0.1) is 0 Å². The van der Waals surface area contributed by atoms with Gasteiger partial charge in [-0.1, -0.05) is 15.9 Å². The van der Waals surface area contributed by atoms with Crippen molar-refractivity contribution in [1.29, 1.82) is 0 Å². The topological polar surface area (TPSA) is 61.8 Å². The number of ether oxygens (including phenoxy) is 1. The fraction of sp³-hybridized carbons (Fsp3) is 0.889. The Kier molecular flexibility index (Phi) is 5.35. The smallest absolute Gasteiger partial charge is 0.407 e. The predicted molar refractivity (Wildman–Crippen MR) is 60.2 cm³/mol. The van der Waals surface area contributed by atoms with Crippen molar-refractivity contribution in [1.82, 2.24) is 10.2 Å². The highest BCUT2D eigenvalue weighted by molar-refractivity contribution is 9.09. The molecule has 0 aromatic rings. The van der Waals surface area contributed by atoms with Gasteiger partial charge in [0.1, 0.15) is 0 Å². The predicted octanol–water partition coefficient (Wildman–Crippen LogP) is 0.173. The lowest BCUT2D eigenvalue weighted by atomic mass is 10.3. The molecule has 88 valence electrons. The molecule has 0 bridgehead atoms. The molecule has 1 heterocycles. The van der Waals surface area contributed by atoms with Crippen molar-refractivity contribution in [3.63, 3.8) is 0 Å². The number of carbonyl (C=O) groups excluding carboxylic acids is 1. The Morgan fingerprint density at radius 1 is 1.80 bits per heavy atom. The minimum atomic E-state index is -0.386. The van der Waals surface area contributed by atoms with Gasteiger partial charge in [-0.2, -0.15) is 0 Å². The summed E-state index contributed by atoms with van der Waals surface area (Å²) in [6, 6.07) is 0.139. The molecule has 1 aliphatic rings. The maximum atomic E-state index is 10.9. The zero-order valence-electron chi connectivity index (χ0n) is 8.78. The molecule has 0 spiro atoms. The van der Waals surface area contributed by atoms with E-state index in [1.807, 2.05) is 0 Å². The molecule has 1 saturated heterocycles. The summed E-state index contributed by atoms with van der Waals surface area (Å²) in [7, 11) is 1.36. The number of carbonyl (C=O) groups is 1. The number of likely N-dealkylation sites (tertiary alicyclic amines) is 1. The van der Waals surface area contributed by atoms with Crippen LogP contribution in [-0.2, 0) is 4.74 Å². The van der Waals surface area contributed by atoms with Crippen molar-refractivity contribution in [3.05, 3.63) is 0 Å². The quantitative estimate of drug-likeness (QED) is 0.721. The van der Waals surface area contributed by atoms with Crippen LogP contribution < -0.4 is 5.32 Å². The number of amides is 1. The number of hydrogen-bond donors (Lipinski definition) is 2. The van der Waals surface area contributed by atoms with Crippen LogP contribution in [0.5, 0.6) is 0 Å². The van der Waals surface area contributed by atoms with E-state index in [0.717, 1.165) is 19.5 Å². The van der Waals surface area contributed by atoms with Crippen LogP contribution in [-0.4, -0.2) is 60.3 Å². The van der Waals surface area contributed by atoms with Crippen LogP contribution in [0.25, 0.3) is 0 Å². The van der Waals surface area contributed by atoms with Gasteiger partial charge < -0.3 is 15.2 Å². The highest BCUT2D eigenvalue weighted by Crippen LogP contribution is 2.10. The van der Waals surface area contributed by atoms with Crippen molar-refractivity contribution < 1.29 is 14.6 Å². The Labute approximate surface area is 97.9 Å². The Balaban J connectivity index is 2.23. The van der Waals surface area contributed by atoms with E-state index in [2.05, 4.69) is 30.9 Å². The molecule has 0 aromatic heterocycles. The van der Waals surface area contributed by atoms with E-state index in [0.29, 0.717) is 11.9 Å². The molecule has 1 amide bonds. The van der Waals surface area contributed by atoms with Gasteiger partial charge in [-0.3, -0.25) is 4.90 Å². The summed E-state index contributed by atoms with van der Waals surface area (Å²) >= 11 is 3.22. The zero-order chi connectivity index (χ0) is 11.3. The molecule has 2 unspecified atom stereocenters. The minimum absolute atomic E-state index is 0.139. The molecule has 0 saturated carbocycles. The van der Waals surface area contributed by atoms with Crippen LogP contribution in [0.2, 0.25) is 0 Å². The Hall–Kier alpha value is -0.330. The molecule has 1 rings (SSSR count). The average Bonchev–Trinajstić information content (AvgIpc) is 2.65. The first-order valence-electron chi connectivity index (χ1n) is 4.96. The fourth-order valence-electron chi connectivity index (χ4n) is 1.69. The lowest BCUT2D eigenvalue weighted by Crippen LogP contribution is -2.38. The van der Waals surface area contributed by atoms with E-state index in [-0.39, 0.29) is 18.2 Å². The molecule has 6 heteroatoms. The summed E-state index contributed by atoms with van der Waals surface area (Å²) in [5.74, 6) is 0. The molecule has 2 N–H and O–H groups in total. The molecule has 0 radical (unpaired) electrons. The first-order valence-corrected chi connectivity index (χ1v) is 6.08. The summed E-state index contributed by atoms with van der Waals surface area (Å²) in [5.41, 5.74) is 0. The number of hydrogen-bond acceptors (Lipinski definition) is 4. The van der Waals surface area contributed by atoms with Gasteiger partial charge in [-0.05, 0) is 6.42 Å². The van der Waals surface area contributed by atoms with Crippen LogP contribution >= 0.6 is 15.9 Å². The highest BCUT2D eigenvalue weighted by Gasteiger charge is 2.25. The van der Waals surface area contributed by atoms with Crippen LogP contribution in [0.3, 0.4) is 0 Å². The van der Waals surface area contributed by atoms with E-state index >= 15 is 0 Å². The number of halogens is 1. The first-order chi connectivity index (χ1) is 7.15. The summed E-state index contributed by atoms with van der Waals surface area (Å²) < 4.78 is 4.52. The van der Waals surface area contributed by atoms with Crippen molar-refractivity contribution in [3.8, 4) is 0 Å². The number of nitrogens with zero attached hydrogens (tertiary/aromatic N) is 1. The summed E-state index contributed by atoms with van der Waals surface area (Å²) in [5, 5.41) is 12.8. The third-order valence-corrected chi connectivity index (χ3v) is 3.17. The van der Waals surface area contributed by atoms with Gasteiger partial charge in [0, 0.05) is 31.0 Å². The number of methoxy groups -OCH3 is 1. The Morgan fingerprint density at radius 2 is 2.53 bits per heavy atom. The average molecular weight is 281 g/mol. The maximum absolute atomic E-state index is 10.9. The van der Waals surface area contributed by atoms with Crippen LogP contribution in [0.15, 0.2) is 0 Å². The van der Waals surface area contributed by atoms with Gasteiger partial charge in [0.05, 0.1) is 13.2 Å². The Morgan fingerprint density at radius 3 is 3.13 bits per heavy atom. The van der Waals surface area contributed by atoms with Gasteiger partial charge in [-0.25, -0.2) is 4.79 Å². The molecular formula is C9H17BrN2O3. The molecule has 5 nitrogen and oxygen atoms in total. The first kappa shape index (κ1) is 12.7. The van der Waals surface area contributed by atoms with Crippen molar-refractivity contribution in [2.45, 2.75) is 18.6 Å². The second kappa shape index (κ2) is 6.30. The van der Waals surface area contributed by atoms with Crippen LogP contribution in [0.4, 0.5) is 4.79 Å². The van der Waals surface area contributed by atoms with E-state index in [1.54, 1.807) is 0 Å². The molecular weight excluding hydrogens is 264 g/mol. The largest absolute Gasteiger partial charge is 0.453 e. The monoisotopic (exact) mass is 280 g/mol. The molecule has 0 aromatic carbocycles. The van der Waals surface area contributed by atoms with E-state index in [9.17, 15) is 9.90 Å². The van der Waals surface area contributed by atoms with Gasteiger partial charge in [0.2, 0.25) is 0 Å². The number of alkyl halides is 1. The third kappa shape index (κ3) is 4.36. The summed E-state index contributed by atoms with van der Waals surface area (Å²) in [4.78, 5) is 13.1. The number of β-amino-alcohol motifs (C(OH)–C–C–N with tert-alkyl or cyclic N) is 1. The molecule has 1 fully saturated rings. The van der Waals surface area contributed by atoms with Crippen LogP contribution in [0.1, 0.15) is 6.42 Å². The van der Waals surface area contributed by atoms with Gasteiger partial charge >= 0.3 is 6.09 Å². The summed E-state index contributed by atoms with van der Waals surface area (Å²) in [6.07, 6.45) is 0.175. The number of nitrogens with one attached hydrogen (secondary N) is 1. The number of aliphatic hydroxyl groups is 1. The highest BCUT2D eigenvalue weighted by atomic mass is 79.9. The second-order valence-corrected chi connectivity index (χ2v) is 4.34. The summed E-state index contributed by atoms with van der Waals surface area (Å²) in [6.45, 7) is 2.32. The van der Waals surface area contributed by atoms with Crippen molar-refractivity contribution >= 4 is 22.0 Å². The maximum Gasteiger partial charge on any atom is 0.407 e. The Bertz CT molecular complexity index is 216. The lowest BCUT2D eigenvalue weighted by molar-refractivity contribution is 0.142. The zero-order valence-corrected chi connectivity index (χ0v) is 10.4. The SMILES string of the molecule is COC(=O)NC1CCN(CC(O)CBr)C1. The number of rotatable bonds is 4. The molecule has 1 aliphatic heterocycles. The van der Waals surface area contributed by atoms with E-state index < -0.39 is 0 Å². The van der Waals surface area contributed by atoms with Gasteiger partial charge in [0.15, 0.2) is 0 Å². The molecule has 0 aliphatic carbocycles. The standard InChI is InChI=1S/C9H17BrN2O3/c1-15-9(14)11-7-2-3-12(5-7)6-8(13)4-10/h7-8,13H,2-6H2,1H3,(H,11,14).